The number of hydrogen-bond donors (Lipinski definition) is 0. The third-order valence-corrected chi connectivity index (χ3v) is 10.2. The Morgan fingerprint density at radius 2 is 1.47 bits per heavy atom. The van der Waals surface area contributed by atoms with Gasteiger partial charge in [0.05, 0.1) is 29.4 Å². The molecule has 3 unspecified atom stereocenters. The molecule has 4 amide bonds. The minimum Gasteiger partial charge on any atom is -0.464 e. The Balaban J connectivity index is 1.22. The number of amides is 4. The van der Waals surface area contributed by atoms with Crippen LogP contribution in [-0.4, -0.2) is 69.8 Å². The van der Waals surface area contributed by atoms with E-state index in [1.807, 2.05) is 19.1 Å². The highest BCUT2D eigenvalue weighted by Crippen LogP contribution is 2.52. The van der Waals surface area contributed by atoms with E-state index in [-0.39, 0.29) is 42.8 Å². The number of likely N-dealkylation sites (tertiary alicyclic amines) is 1. The fraction of sp³-hybridized carbons (Fsp3) is 0.432. The molecule has 1 aromatic carbocycles. The summed E-state index contributed by atoms with van der Waals surface area (Å²) in [5.41, 5.74) is 4.59. The van der Waals surface area contributed by atoms with Crippen molar-refractivity contribution in [3.8, 4) is 0 Å². The highest BCUT2D eigenvalue weighted by molar-refractivity contribution is 6.32. The average molecular weight is 635 g/mol. The van der Waals surface area contributed by atoms with Gasteiger partial charge in [0.25, 0.3) is 23.6 Å². The smallest absolute Gasteiger partial charge is 0.308 e. The van der Waals surface area contributed by atoms with Gasteiger partial charge in [-0.2, -0.15) is 0 Å². The molecule has 3 aliphatic heterocycles. The van der Waals surface area contributed by atoms with E-state index in [2.05, 4.69) is 6.92 Å². The predicted molar refractivity (Wildman–Crippen MR) is 175 cm³/mol. The van der Waals surface area contributed by atoms with E-state index in [1.54, 1.807) is 25.3 Å². The second-order valence-corrected chi connectivity index (χ2v) is 13.0. The summed E-state index contributed by atoms with van der Waals surface area (Å²) in [7, 11) is 0. The Bertz CT molecular complexity index is 1780. The Morgan fingerprint density at radius 3 is 2.26 bits per heavy atom. The van der Waals surface area contributed by atoms with Gasteiger partial charge in [0.2, 0.25) is 0 Å². The molecule has 0 radical (unpaired) electrons. The van der Waals surface area contributed by atoms with Gasteiger partial charge >= 0.3 is 5.97 Å². The zero-order valence-corrected chi connectivity index (χ0v) is 27.0. The molecule has 47 heavy (non-hydrogen) atoms. The number of hydrogen-bond acceptors (Lipinski definition) is 8. The first-order chi connectivity index (χ1) is 22.8. The molecule has 242 valence electrons. The molecular formula is C37H38N4O6. The average Bonchev–Trinajstić information content (AvgIpc) is 3.09. The molecule has 0 bridgehead atoms. The molecule has 3 atom stereocenters. The van der Waals surface area contributed by atoms with Crippen molar-refractivity contribution in [2.24, 2.45) is 22.7 Å². The number of fused-ring (bicyclic) bond motifs is 2. The van der Waals surface area contributed by atoms with E-state index in [0.717, 1.165) is 48.1 Å². The maximum Gasteiger partial charge on any atom is 0.308 e. The van der Waals surface area contributed by atoms with Crippen LogP contribution in [0.15, 0.2) is 52.8 Å². The molecule has 10 heteroatoms. The second kappa shape index (κ2) is 12.1. The van der Waals surface area contributed by atoms with Crippen LogP contribution in [0, 0.1) is 17.8 Å². The third kappa shape index (κ3) is 4.79. The Morgan fingerprint density at radius 1 is 0.787 bits per heavy atom. The molecule has 0 saturated carbocycles. The fourth-order valence-corrected chi connectivity index (χ4v) is 7.50. The summed E-state index contributed by atoms with van der Waals surface area (Å²) < 4.78 is 5.33. The number of imide groups is 2. The van der Waals surface area contributed by atoms with E-state index in [9.17, 15) is 24.0 Å². The lowest BCUT2D eigenvalue weighted by atomic mass is 9.63. The van der Waals surface area contributed by atoms with Crippen LogP contribution < -0.4 is 0 Å². The van der Waals surface area contributed by atoms with Crippen LogP contribution in [0.1, 0.15) is 97.7 Å². The van der Waals surface area contributed by atoms with E-state index in [1.165, 1.54) is 17.5 Å². The first kappa shape index (κ1) is 30.9. The van der Waals surface area contributed by atoms with Gasteiger partial charge in [0.1, 0.15) is 6.61 Å². The zero-order valence-electron chi connectivity index (χ0n) is 27.0. The Hall–Kier alpha value is -4.73. The molecule has 5 aliphatic rings. The van der Waals surface area contributed by atoms with E-state index < -0.39 is 17.7 Å². The Labute approximate surface area is 273 Å². The van der Waals surface area contributed by atoms with Crippen LogP contribution in [-0.2, 0) is 19.1 Å². The van der Waals surface area contributed by atoms with E-state index >= 15 is 0 Å². The van der Waals surface area contributed by atoms with Gasteiger partial charge in [-0.25, -0.2) is 0 Å². The normalized spacial score (nSPS) is 21.3. The Kier molecular flexibility index (Phi) is 7.98. The number of pyridine rings is 1. The first-order valence-corrected chi connectivity index (χ1v) is 16.8. The summed E-state index contributed by atoms with van der Waals surface area (Å²) in [5.74, 6) is -2.99. The van der Waals surface area contributed by atoms with Crippen LogP contribution in [0.2, 0.25) is 0 Å². The number of ether oxygens (including phenoxy) is 1. The molecule has 1 fully saturated rings. The number of carbonyl (C=O) groups is 5. The fourth-order valence-electron chi connectivity index (χ4n) is 7.50. The third-order valence-electron chi connectivity index (χ3n) is 10.2. The number of allylic oxidation sites excluding steroid dienone is 3. The quantitative estimate of drug-likeness (QED) is 0.174. The van der Waals surface area contributed by atoms with Crippen molar-refractivity contribution in [2.45, 2.75) is 65.7 Å². The van der Waals surface area contributed by atoms with Crippen LogP contribution in [0.25, 0.3) is 16.3 Å². The van der Waals surface area contributed by atoms with Crippen molar-refractivity contribution < 1.29 is 28.7 Å². The van der Waals surface area contributed by atoms with Gasteiger partial charge in [-0.1, -0.05) is 71.1 Å². The number of carbonyl (C=O) groups excluding carboxylic acids is 5. The summed E-state index contributed by atoms with van der Waals surface area (Å²) >= 11 is 0. The van der Waals surface area contributed by atoms with Crippen molar-refractivity contribution in [2.75, 3.05) is 19.7 Å². The maximum atomic E-state index is 13.7. The predicted octanol–water partition coefficient (Wildman–Crippen LogP) is 5.41. The molecule has 0 N–H and O–H groups in total. The van der Waals surface area contributed by atoms with E-state index in [0.29, 0.717) is 57.4 Å². The number of benzene rings is 1. The molecular weight excluding hydrogens is 596 g/mol. The molecule has 4 heterocycles. The molecule has 0 spiro atoms. The number of aliphatic imine (C=N–C) groups is 1. The molecule has 10 nitrogen and oxygen atoms in total. The number of aromatic nitrogens is 1. The van der Waals surface area contributed by atoms with Crippen molar-refractivity contribution in [3.05, 3.63) is 70.2 Å². The van der Waals surface area contributed by atoms with Gasteiger partial charge in [-0.15, -0.1) is 0 Å². The minimum atomic E-state index is -0.498. The first-order valence-electron chi connectivity index (χ1n) is 16.8. The van der Waals surface area contributed by atoms with Gasteiger partial charge in [0.15, 0.2) is 0 Å². The van der Waals surface area contributed by atoms with Crippen molar-refractivity contribution >= 4 is 51.7 Å². The van der Waals surface area contributed by atoms with Gasteiger partial charge in [-0.05, 0) is 24.5 Å². The number of esters is 1. The SMILES string of the molecule is CCCCCCCCN1C(=O)C2=CC=C3c4ncc5c6c(ccc(c46)C4=NC=C(C1=O)C2C34)C(=O)N(CCOC(=O)C(C)CC)C5=O. The lowest BCUT2D eigenvalue weighted by molar-refractivity contribution is -0.148. The van der Waals surface area contributed by atoms with Crippen LogP contribution in [0.4, 0.5) is 0 Å². The van der Waals surface area contributed by atoms with Crippen LogP contribution >= 0.6 is 0 Å². The standard InChI is InChI=1S/C37H38N4O6/c1-4-6-7-8-9-10-15-40-33(42)23-13-11-21-29-27(23)25(35(40)44)18-38-31(29)22-12-14-24-28-26(19-39-32(21)30(22)28)36(45)41(34(24)43)16-17-47-37(46)20(3)5-2/h11-14,18-20,27,29H,4-10,15-17H2,1-3H3. The van der Waals surface area contributed by atoms with Crippen molar-refractivity contribution in [1.29, 1.82) is 0 Å². The summed E-state index contributed by atoms with van der Waals surface area (Å²) in [6, 6.07) is 3.53. The highest BCUT2D eigenvalue weighted by atomic mass is 16.5. The number of rotatable bonds is 12. The molecule has 1 saturated heterocycles. The second-order valence-electron chi connectivity index (χ2n) is 13.0. The zero-order chi connectivity index (χ0) is 33.0. The maximum absolute atomic E-state index is 13.7. The summed E-state index contributed by atoms with van der Waals surface area (Å²) in [4.78, 5) is 79.0. The number of piperidine rings is 1. The van der Waals surface area contributed by atoms with Gasteiger partial charge < -0.3 is 4.74 Å². The van der Waals surface area contributed by atoms with Gasteiger partial charge in [0, 0.05) is 63.8 Å². The number of nitrogens with zero attached hydrogens (tertiary/aromatic N) is 4. The van der Waals surface area contributed by atoms with E-state index in [4.69, 9.17) is 14.7 Å². The summed E-state index contributed by atoms with van der Waals surface area (Å²) in [6.45, 7) is 6.06. The lowest BCUT2D eigenvalue weighted by Gasteiger charge is -2.44. The molecule has 2 aromatic rings. The topological polar surface area (TPSA) is 126 Å². The van der Waals surface area contributed by atoms with Gasteiger partial charge in [-0.3, -0.25) is 43.7 Å². The van der Waals surface area contributed by atoms with Crippen molar-refractivity contribution in [1.82, 2.24) is 14.8 Å². The minimum absolute atomic E-state index is 0.0645. The summed E-state index contributed by atoms with van der Waals surface area (Å²) in [6.07, 6.45) is 13.8. The molecule has 7 rings (SSSR count). The monoisotopic (exact) mass is 634 g/mol. The molecule has 2 aliphatic carbocycles. The number of unbranched alkanes of at least 4 members (excludes halogenated alkanes) is 5. The largest absolute Gasteiger partial charge is 0.464 e. The van der Waals surface area contributed by atoms with Crippen LogP contribution in [0.3, 0.4) is 0 Å². The molecule has 1 aromatic heterocycles. The summed E-state index contributed by atoms with van der Waals surface area (Å²) in [5, 5.41) is 1.18. The highest BCUT2D eigenvalue weighted by Gasteiger charge is 2.52. The van der Waals surface area contributed by atoms with Crippen LogP contribution in [0.5, 0.6) is 0 Å². The van der Waals surface area contributed by atoms with Crippen molar-refractivity contribution in [3.63, 3.8) is 0 Å². The lowest BCUT2D eigenvalue weighted by Crippen LogP contribution is -2.51.